The van der Waals surface area contributed by atoms with E-state index in [-0.39, 0.29) is 0 Å². The molecule has 0 radical (unpaired) electrons. The molecule has 0 aliphatic carbocycles. The van der Waals surface area contributed by atoms with E-state index in [4.69, 9.17) is 14.2 Å². The molecular formula is C17H20O5. The second-order valence-corrected chi connectivity index (χ2v) is 5.04. The normalized spacial score (nSPS) is 19.5. The topological polar surface area (TPSA) is 61.8 Å². The van der Waals surface area contributed by atoms with Gasteiger partial charge in [0.05, 0.1) is 12.9 Å². The molecule has 1 unspecified atom stereocenters. The Morgan fingerprint density at radius 2 is 2.00 bits per heavy atom. The van der Waals surface area contributed by atoms with Crippen molar-refractivity contribution in [2.75, 3.05) is 13.2 Å². The van der Waals surface area contributed by atoms with Gasteiger partial charge in [-0.05, 0) is 12.5 Å². The van der Waals surface area contributed by atoms with Crippen molar-refractivity contribution in [2.24, 2.45) is 0 Å². The van der Waals surface area contributed by atoms with Crippen LogP contribution >= 0.6 is 0 Å². The van der Waals surface area contributed by atoms with Gasteiger partial charge in [0.1, 0.15) is 0 Å². The summed E-state index contributed by atoms with van der Waals surface area (Å²) in [7, 11) is 0. The summed E-state index contributed by atoms with van der Waals surface area (Å²) in [5.74, 6) is -1.13. The number of ether oxygens (including phenoxy) is 3. The molecule has 1 aliphatic heterocycles. The Kier molecular flexibility index (Phi) is 5.58. The van der Waals surface area contributed by atoms with Gasteiger partial charge < -0.3 is 14.2 Å². The Bertz CT molecular complexity index is 527. The molecule has 0 fully saturated rings. The van der Waals surface area contributed by atoms with Gasteiger partial charge >= 0.3 is 11.9 Å². The molecule has 0 saturated carbocycles. The molecule has 2 rings (SSSR count). The first kappa shape index (κ1) is 16.1. The zero-order valence-corrected chi connectivity index (χ0v) is 12.6. The standard InChI is InChI=1S/C17H20O5/c1-2-3-11-20-15(18)13-21-16(19)17(10-7-12-22-17)14-8-5-4-6-9-14/h4-9,12H,2-3,10-11,13H2,1H3. The maximum Gasteiger partial charge on any atom is 0.356 e. The molecular weight excluding hydrogens is 284 g/mol. The lowest BCUT2D eigenvalue weighted by molar-refractivity contribution is -0.172. The van der Waals surface area contributed by atoms with Crippen LogP contribution in [0.3, 0.4) is 0 Å². The Hall–Kier alpha value is -2.30. The predicted molar refractivity (Wildman–Crippen MR) is 79.8 cm³/mol. The van der Waals surface area contributed by atoms with Gasteiger partial charge in [-0.3, -0.25) is 0 Å². The van der Waals surface area contributed by atoms with Crippen LogP contribution in [0.1, 0.15) is 31.7 Å². The van der Waals surface area contributed by atoms with E-state index in [1.165, 1.54) is 6.26 Å². The smallest absolute Gasteiger partial charge is 0.356 e. The molecule has 0 aromatic heterocycles. The van der Waals surface area contributed by atoms with Gasteiger partial charge in [0.2, 0.25) is 5.60 Å². The maximum absolute atomic E-state index is 12.4. The van der Waals surface area contributed by atoms with E-state index in [1.807, 2.05) is 25.1 Å². The fourth-order valence-electron chi connectivity index (χ4n) is 2.18. The molecule has 1 aliphatic rings. The van der Waals surface area contributed by atoms with Gasteiger partial charge in [0.15, 0.2) is 6.61 Å². The zero-order valence-electron chi connectivity index (χ0n) is 12.6. The van der Waals surface area contributed by atoms with Crippen LogP contribution in [0.5, 0.6) is 0 Å². The van der Waals surface area contributed by atoms with E-state index in [2.05, 4.69) is 0 Å². The van der Waals surface area contributed by atoms with E-state index < -0.39 is 24.1 Å². The molecule has 0 spiro atoms. The van der Waals surface area contributed by atoms with Crippen LogP contribution in [-0.4, -0.2) is 25.2 Å². The SMILES string of the molecule is CCCCOC(=O)COC(=O)C1(c2ccccc2)CC=CO1. The number of unbranched alkanes of at least 4 members (excludes halogenated alkanes) is 1. The van der Waals surface area contributed by atoms with Gasteiger partial charge in [-0.1, -0.05) is 43.7 Å². The highest BCUT2D eigenvalue weighted by Gasteiger charge is 2.45. The second-order valence-electron chi connectivity index (χ2n) is 5.04. The fraction of sp³-hybridized carbons (Fsp3) is 0.412. The van der Waals surface area contributed by atoms with Gasteiger partial charge in [0, 0.05) is 12.0 Å². The van der Waals surface area contributed by atoms with Crippen molar-refractivity contribution in [3.63, 3.8) is 0 Å². The Balaban J connectivity index is 1.96. The third-order valence-corrected chi connectivity index (χ3v) is 3.42. The lowest BCUT2D eigenvalue weighted by Gasteiger charge is -2.26. The first-order chi connectivity index (χ1) is 10.7. The molecule has 5 heteroatoms. The molecule has 0 saturated heterocycles. The van der Waals surface area contributed by atoms with Crippen LogP contribution in [0.4, 0.5) is 0 Å². The largest absolute Gasteiger partial charge is 0.478 e. The number of carbonyl (C=O) groups excluding carboxylic acids is 2. The maximum atomic E-state index is 12.4. The summed E-state index contributed by atoms with van der Waals surface area (Å²) >= 11 is 0. The Labute approximate surface area is 129 Å². The van der Waals surface area contributed by atoms with Crippen LogP contribution < -0.4 is 0 Å². The van der Waals surface area contributed by atoms with Crippen molar-refractivity contribution in [3.05, 3.63) is 48.2 Å². The fourth-order valence-corrected chi connectivity index (χ4v) is 2.18. The molecule has 1 atom stereocenters. The molecule has 1 aromatic rings. The number of hydrogen-bond donors (Lipinski definition) is 0. The Morgan fingerprint density at radius 1 is 1.23 bits per heavy atom. The first-order valence-electron chi connectivity index (χ1n) is 7.40. The summed E-state index contributed by atoms with van der Waals surface area (Å²) in [6.45, 7) is 1.94. The minimum atomic E-state index is -1.20. The van der Waals surface area contributed by atoms with E-state index in [9.17, 15) is 9.59 Å². The zero-order chi connectivity index (χ0) is 15.8. The first-order valence-corrected chi connectivity index (χ1v) is 7.40. The summed E-state index contributed by atoms with van der Waals surface area (Å²) < 4.78 is 15.6. The monoisotopic (exact) mass is 304 g/mol. The highest BCUT2D eigenvalue weighted by Crippen LogP contribution is 2.35. The molecule has 1 heterocycles. The van der Waals surface area contributed by atoms with Crippen LogP contribution in [0.25, 0.3) is 0 Å². The molecule has 0 amide bonds. The third kappa shape index (κ3) is 3.67. The van der Waals surface area contributed by atoms with Crippen molar-refractivity contribution in [1.29, 1.82) is 0 Å². The van der Waals surface area contributed by atoms with E-state index in [1.54, 1.807) is 18.2 Å². The van der Waals surface area contributed by atoms with E-state index in [0.29, 0.717) is 18.6 Å². The van der Waals surface area contributed by atoms with Crippen molar-refractivity contribution in [2.45, 2.75) is 31.8 Å². The van der Waals surface area contributed by atoms with Gasteiger partial charge in [-0.2, -0.15) is 0 Å². The van der Waals surface area contributed by atoms with Crippen molar-refractivity contribution in [3.8, 4) is 0 Å². The predicted octanol–water partition coefficient (Wildman–Crippen LogP) is 2.70. The van der Waals surface area contributed by atoms with Crippen LogP contribution in [0.2, 0.25) is 0 Å². The third-order valence-electron chi connectivity index (χ3n) is 3.42. The highest BCUT2D eigenvalue weighted by molar-refractivity contribution is 5.84. The van der Waals surface area contributed by atoms with Crippen LogP contribution in [0, 0.1) is 0 Å². The van der Waals surface area contributed by atoms with Crippen molar-refractivity contribution < 1.29 is 23.8 Å². The van der Waals surface area contributed by atoms with E-state index >= 15 is 0 Å². The summed E-state index contributed by atoms with van der Waals surface area (Å²) in [6, 6.07) is 9.10. The molecule has 1 aromatic carbocycles. The minimum Gasteiger partial charge on any atom is -0.478 e. The molecule has 0 bridgehead atoms. The van der Waals surface area contributed by atoms with Gasteiger partial charge in [0.25, 0.3) is 0 Å². The molecule has 118 valence electrons. The summed E-state index contributed by atoms with van der Waals surface area (Å²) in [5.41, 5.74) is -0.505. The summed E-state index contributed by atoms with van der Waals surface area (Å²) in [4.78, 5) is 23.9. The number of hydrogen-bond acceptors (Lipinski definition) is 5. The average molecular weight is 304 g/mol. The molecule has 0 N–H and O–H groups in total. The second kappa shape index (κ2) is 7.64. The lowest BCUT2D eigenvalue weighted by atomic mass is 9.91. The Morgan fingerprint density at radius 3 is 2.64 bits per heavy atom. The number of rotatable bonds is 7. The van der Waals surface area contributed by atoms with Gasteiger partial charge in [-0.25, -0.2) is 9.59 Å². The average Bonchev–Trinajstić information content (AvgIpc) is 3.05. The number of esters is 2. The molecule has 22 heavy (non-hydrogen) atoms. The van der Waals surface area contributed by atoms with E-state index in [0.717, 1.165) is 12.8 Å². The summed E-state index contributed by atoms with van der Waals surface area (Å²) in [6.07, 6.45) is 5.34. The number of carbonyl (C=O) groups is 2. The minimum absolute atomic E-state index is 0.342. The van der Waals surface area contributed by atoms with Gasteiger partial charge in [-0.15, -0.1) is 0 Å². The van der Waals surface area contributed by atoms with Crippen LogP contribution in [0.15, 0.2) is 42.7 Å². The summed E-state index contributed by atoms with van der Waals surface area (Å²) in [5, 5.41) is 0. The van der Waals surface area contributed by atoms with Crippen molar-refractivity contribution in [1.82, 2.24) is 0 Å². The number of benzene rings is 1. The van der Waals surface area contributed by atoms with Crippen LogP contribution in [-0.2, 0) is 29.4 Å². The highest BCUT2D eigenvalue weighted by atomic mass is 16.6. The quantitative estimate of drug-likeness (QED) is 0.572. The lowest BCUT2D eigenvalue weighted by Crippen LogP contribution is -2.38. The molecule has 5 nitrogen and oxygen atoms in total. The van der Waals surface area contributed by atoms with Crippen molar-refractivity contribution >= 4 is 11.9 Å².